The van der Waals surface area contributed by atoms with Gasteiger partial charge in [0.25, 0.3) is 0 Å². The van der Waals surface area contributed by atoms with Gasteiger partial charge in [0, 0.05) is 27.0 Å². The Labute approximate surface area is 139 Å². The van der Waals surface area contributed by atoms with Gasteiger partial charge in [-0.15, -0.1) is 11.6 Å². The Morgan fingerprint density at radius 1 is 1.24 bits per heavy atom. The van der Waals surface area contributed by atoms with E-state index in [0.717, 1.165) is 17.0 Å². The fourth-order valence-electron chi connectivity index (χ4n) is 2.71. The first-order valence-electron chi connectivity index (χ1n) is 6.59. The number of aromatic nitrogens is 1. The maximum atomic E-state index is 11.9. The molecule has 1 unspecified atom stereocenters. The predicted molar refractivity (Wildman–Crippen MR) is 89.2 cm³/mol. The zero-order valence-corrected chi connectivity index (χ0v) is 14.4. The summed E-state index contributed by atoms with van der Waals surface area (Å²) in [5.41, 5.74) is 3.53. The minimum absolute atomic E-state index is 0.00615. The van der Waals surface area contributed by atoms with Crippen molar-refractivity contribution in [3.05, 3.63) is 56.8 Å². The highest BCUT2D eigenvalue weighted by molar-refractivity contribution is 6.35. The van der Waals surface area contributed by atoms with Crippen LogP contribution in [0.5, 0.6) is 0 Å². The summed E-state index contributed by atoms with van der Waals surface area (Å²) in [4.78, 5) is 11.9. The predicted octanol–water partition coefficient (Wildman–Crippen LogP) is 5.44. The Hall–Kier alpha value is -0.960. The number of halogens is 3. The molecule has 1 aromatic heterocycles. The first kappa shape index (κ1) is 16.4. The van der Waals surface area contributed by atoms with Gasteiger partial charge in [-0.05, 0) is 44.5 Å². The number of ketones is 1. The van der Waals surface area contributed by atoms with E-state index in [9.17, 15) is 4.79 Å². The van der Waals surface area contributed by atoms with Crippen LogP contribution < -0.4 is 0 Å². The number of benzene rings is 1. The summed E-state index contributed by atoms with van der Waals surface area (Å²) in [7, 11) is 0. The number of aryl methyl sites for hydroxylation is 1. The van der Waals surface area contributed by atoms with Crippen LogP contribution in [0.2, 0.25) is 10.0 Å². The maximum Gasteiger partial charge on any atom is 0.179 e. The molecule has 0 saturated heterocycles. The number of rotatable bonds is 4. The largest absolute Gasteiger partial charge is 0.341 e. The third kappa shape index (κ3) is 3.13. The second-order valence-electron chi connectivity index (χ2n) is 5.05. The van der Waals surface area contributed by atoms with Gasteiger partial charge in [0.05, 0.1) is 11.9 Å². The lowest BCUT2D eigenvalue weighted by molar-refractivity contribution is 0.102. The molecule has 0 radical (unpaired) electrons. The molecule has 0 bridgehead atoms. The lowest BCUT2D eigenvalue weighted by Gasteiger charge is -2.20. The quantitative estimate of drug-likeness (QED) is 0.534. The van der Waals surface area contributed by atoms with Crippen molar-refractivity contribution in [3.63, 3.8) is 0 Å². The zero-order chi connectivity index (χ0) is 15.7. The average molecular weight is 345 g/mol. The second kappa shape index (κ2) is 6.43. The third-order valence-electron chi connectivity index (χ3n) is 3.71. The van der Waals surface area contributed by atoms with Crippen molar-refractivity contribution >= 4 is 40.6 Å². The molecule has 5 heteroatoms. The molecular weight excluding hydrogens is 329 g/mol. The van der Waals surface area contributed by atoms with Gasteiger partial charge < -0.3 is 4.57 Å². The van der Waals surface area contributed by atoms with Crippen molar-refractivity contribution in [2.45, 2.75) is 26.8 Å². The number of carbonyl (C=O) groups excluding carboxylic acids is 1. The van der Waals surface area contributed by atoms with E-state index < -0.39 is 0 Å². The van der Waals surface area contributed by atoms with E-state index in [1.54, 1.807) is 6.07 Å². The second-order valence-corrected chi connectivity index (χ2v) is 6.16. The molecule has 0 aliphatic carbocycles. The summed E-state index contributed by atoms with van der Waals surface area (Å²) in [6, 6.07) is 7.34. The fraction of sp³-hybridized carbons (Fsp3) is 0.312. The van der Waals surface area contributed by atoms with Crippen LogP contribution in [0, 0.1) is 13.8 Å². The molecule has 1 aromatic carbocycles. The van der Waals surface area contributed by atoms with Crippen LogP contribution in [0.1, 0.15) is 40.3 Å². The van der Waals surface area contributed by atoms with Crippen LogP contribution in [0.4, 0.5) is 0 Å². The smallest absolute Gasteiger partial charge is 0.179 e. The van der Waals surface area contributed by atoms with Crippen LogP contribution in [0.25, 0.3) is 0 Å². The molecule has 0 aliphatic rings. The van der Waals surface area contributed by atoms with E-state index in [4.69, 9.17) is 34.8 Å². The maximum absolute atomic E-state index is 11.9. The summed E-state index contributed by atoms with van der Waals surface area (Å²) < 4.78 is 2.09. The lowest BCUT2D eigenvalue weighted by Crippen LogP contribution is -2.12. The molecule has 21 heavy (non-hydrogen) atoms. The standard InChI is InChI=1S/C16H16Cl3NO/c1-9-6-14(16(21)8-17)11(3)20(9)10(2)13-5-4-12(18)7-15(13)19/h4-7,10H,8H2,1-3H3. The van der Waals surface area contributed by atoms with Gasteiger partial charge in [-0.2, -0.15) is 0 Å². The zero-order valence-electron chi connectivity index (χ0n) is 12.1. The van der Waals surface area contributed by atoms with Crippen LogP contribution in [-0.2, 0) is 0 Å². The molecule has 0 N–H and O–H groups in total. The molecular formula is C16H16Cl3NO. The number of hydrogen-bond acceptors (Lipinski definition) is 1. The van der Waals surface area contributed by atoms with Crippen LogP contribution in [0.15, 0.2) is 24.3 Å². The molecule has 0 saturated carbocycles. The van der Waals surface area contributed by atoms with Gasteiger partial charge in [0.1, 0.15) is 0 Å². The Bertz CT molecular complexity index is 691. The number of alkyl halides is 1. The van der Waals surface area contributed by atoms with Crippen LogP contribution in [0.3, 0.4) is 0 Å². The van der Waals surface area contributed by atoms with Crippen molar-refractivity contribution < 1.29 is 4.79 Å². The van der Waals surface area contributed by atoms with E-state index in [2.05, 4.69) is 4.57 Å². The van der Waals surface area contributed by atoms with Gasteiger partial charge in [-0.1, -0.05) is 29.3 Å². The highest BCUT2D eigenvalue weighted by atomic mass is 35.5. The van der Waals surface area contributed by atoms with Crippen LogP contribution >= 0.6 is 34.8 Å². The minimum atomic E-state index is -0.0644. The average Bonchev–Trinajstić information content (AvgIpc) is 2.72. The SMILES string of the molecule is Cc1cc(C(=O)CCl)c(C)n1C(C)c1ccc(Cl)cc1Cl. The van der Waals surface area contributed by atoms with E-state index in [1.807, 2.05) is 39.0 Å². The molecule has 2 aromatic rings. The summed E-state index contributed by atoms with van der Waals surface area (Å²) in [5.74, 6) is -0.0779. The molecule has 0 spiro atoms. The van der Waals surface area contributed by atoms with E-state index >= 15 is 0 Å². The number of nitrogens with zero attached hydrogens (tertiary/aromatic N) is 1. The summed E-state index contributed by atoms with van der Waals surface area (Å²) in [6.07, 6.45) is 0. The van der Waals surface area contributed by atoms with Gasteiger partial charge >= 0.3 is 0 Å². The van der Waals surface area contributed by atoms with Crippen molar-refractivity contribution in [1.82, 2.24) is 4.57 Å². The Balaban J connectivity index is 2.51. The van der Waals surface area contributed by atoms with Gasteiger partial charge in [0.15, 0.2) is 5.78 Å². The van der Waals surface area contributed by atoms with Crippen molar-refractivity contribution in [1.29, 1.82) is 0 Å². The monoisotopic (exact) mass is 343 g/mol. The molecule has 0 aliphatic heterocycles. The minimum Gasteiger partial charge on any atom is -0.341 e. The lowest BCUT2D eigenvalue weighted by atomic mass is 10.1. The molecule has 112 valence electrons. The molecule has 0 amide bonds. The topological polar surface area (TPSA) is 22.0 Å². The molecule has 1 atom stereocenters. The Morgan fingerprint density at radius 3 is 2.48 bits per heavy atom. The van der Waals surface area contributed by atoms with Gasteiger partial charge in [0.2, 0.25) is 0 Å². The number of hydrogen-bond donors (Lipinski definition) is 0. The molecule has 2 rings (SSSR count). The van der Waals surface area contributed by atoms with Crippen molar-refractivity contribution in [2.24, 2.45) is 0 Å². The van der Waals surface area contributed by atoms with E-state index in [0.29, 0.717) is 15.6 Å². The van der Waals surface area contributed by atoms with E-state index in [1.165, 1.54) is 0 Å². The first-order valence-corrected chi connectivity index (χ1v) is 7.88. The van der Waals surface area contributed by atoms with E-state index in [-0.39, 0.29) is 17.7 Å². The molecule has 0 fully saturated rings. The summed E-state index contributed by atoms with van der Waals surface area (Å²) in [6.45, 7) is 5.94. The van der Waals surface area contributed by atoms with Crippen LogP contribution in [-0.4, -0.2) is 16.2 Å². The highest BCUT2D eigenvalue weighted by Gasteiger charge is 2.20. The van der Waals surface area contributed by atoms with Crippen molar-refractivity contribution in [2.75, 3.05) is 5.88 Å². The Kier molecular flexibility index (Phi) is 5.03. The summed E-state index contributed by atoms with van der Waals surface area (Å²) in [5, 5.41) is 1.22. The van der Waals surface area contributed by atoms with Gasteiger partial charge in [-0.25, -0.2) is 0 Å². The number of Topliss-reactive ketones (excluding diaryl/α,β-unsaturated/α-hetero) is 1. The fourth-order valence-corrected chi connectivity index (χ4v) is 3.42. The normalized spacial score (nSPS) is 12.5. The highest BCUT2D eigenvalue weighted by Crippen LogP contribution is 2.31. The number of carbonyl (C=O) groups is 1. The van der Waals surface area contributed by atoms with Gasteiger partial charge in [-0.3, -0.25) is 4.79 Å². The summed E-state index contributed by atoms with van der Waals surface area (Å²) >= 11 is 17.9. The molecule has 2 nitrogen and oxygen atoms in total. The first-order chi connectivity index (χ1) is 9.86. The third-order valence-corrected chi connectivity index (χ3v) is 4.51. The van der Waals surface area contributed by atoms with Crippen molar-refractivity contribution in [3.8, 4) is 0 Å². The Morgan fingerprint density at radius 2 is 1.90 bits per heavy atom. The molecule has 1 heterocycles.